The summed E-state index contributed by atoms with van der Waals surface area (Å²) in [4.78, 5) is 0. The van der Waals surface area contributed by atoms with Crippen molar-refractivity contribution in [1.82, 2.24) is 0 Å². The lowest BCUT2D eigenvalue weighted by molar-refractivity contribution is 0.415. The minimum absolute atomic E-state index is 0.782. The number of methoxy groups -OCH3 is 1. The van der Waals surface area contributed by atoms with E-state index in [1.165, 1.54) is 5.56 Å². The Balaban J connectivity index is 2.47. The summed E-state index contributed by atoms with van der Waals surface area (Å²) in [7, 11) is 1.67. The van der Waals surface area contributed by atoms with Gasteiger partial charge in [0.15, 0.2) is 0 Å². The molecule has 19 heavy (non-hydrogen) atoms. The van der Waals surface area contributed by atoms with E-state index in [2.05, 4.69) is 35.0 Å². The summed E-state index contributed by atoms with van der Waals surface area (Å²) in [5.41, 5.74) is 10.4. The standard InChI is InChI=1S/C16H18BrNO/c1-3-4-11-9-14(16(18)15(17)10-11)12-5-7-13(19-2)8-6-12/h5-10H,3-4,18H2,1-2H3. The molecule has 0 aromatic heterocycles. The molecular formula is C16H18BrNO. The highest BCUT2D eigenvalue weighted by atomic mass is 79.9. The maximum atomic E-state index is 6.17. The molecule has 0 aliphatic rings. The van der Waals surface area contributed by atoms with Crippen LogP contribution >= 0.6 is 15.9 Å². The average Bonchev–Trinajstić information content (AvgIpc) is 2.43. The van der Waals surface area contributed by atoms with Gasteiger partial charge >= 0.3 is 0 Å². The first-order valence-electron chi connectivity index (χ1n) is 6.38. The summed E-state index contributed by atoms with van der Waals surface area (Å²) < 4.78 is 6.14. The zero-order valence-electron chi connectivity index (χ0n) is 11.2. The number of benzene rings is 2. The number of rotatable bonds is 4. The van der Waals surface area contributed by atoms with E-state index in [-0.39, 0.29) is 0 Å². The summed E-state index contributed by atoms with van der Waals surface area (Å²) in [6, 6.07) is 12.3. The Morgan fingerprint density at radius 2 is 1.84 bits per heavy atom. The highest BCUT2D eigenvalue weighted by Gasteiger charge is 2.08. The van der Waals surface area contributed by atoms with Crippen molar-refractivity contribution in [2.75, 3.05) is 12.8 Å². The third kappa shape index (κ3) is 3.10. The Bertz CT molecular complexity index is 564. The van der Waals surface area contributed by atoms with Gasteiger partial charge in [0.2, 0.25) is 0 Å². The van der Waals surface area contributed by atoms with Gasteiger partial charge in [0.05, 0.1) is 12.8 Å². The molecule has 0 unspecified atom stereocenters. The molecule has 2 N–H and O–H groups in total. The second-order valence-corrected chi connectivity index (χ2v) is 5.37. The largest absolute Gasteiger partial charge is 0.497 e. The van der Waals surface area contributed by atoms with Crippen LogP contribution in [0.3, 0.4) is 0 Å². The van der Waals surface area contributed by atoms with Crippen LogP contribution in [0.1, 0.15) is 18.9 Å². The van der Waals surface area contributed by atoms with Crippen LogP contribution in [-0.2, 0) is 6.42 Å². The van der Waals surface area contributed by atoms with Gasteiger partial charge in [-0.3, -0.25) is 0 Å². The maximum Gasteiger partial charge on any atom is 0.118 e. The molecule has 0 saturated heterocycles. The molecule has 0 amide bonds. The van der Waals surface area contributed by atoms with Crippen LogP contribution in [0.25, 0.3) is 11.1 Å². The third-order valence-corrected chi connectivity index (χ3v) is 3.79. The number of ether oxygens (including phenoxy) is 1. The molecule has 2 aromatic rings. The van der Waals surface area contributed by atoms with Crippen LogP contribution in [-0.4, -0.2) is 7.11 Å². The Labute approximate surface area is 122 Å². The Morgan fingerprint density at radius 3 is 2.42 bits per heavy atom. The van der Waals surface area contributed by atoms with E-state index in [9.17, 15) is 0 Å². The summed E-state index contributed by atoms with van der Waals surface area (Å²) in [6.07, 6.45) is 2.18. The van der Waals surface area contributed by atoms with Crippen molar-refractivity contribution in [3.05, 3.63) is 46.4 Å². The van der Waals surface area contributed by atoms with E-state index in [0.29, 0.717) is 0 Å². The van der Waals surface area contributed by atoms with Crippen molar-refractivity contribution >= 4 is 21.6 Å². The Kier molecular flexibility index (Phi) is 4.48. The quantitative estimate of drug-likeness (QED) is 0.832. The summed E-state index contributed by atoms with van der Waals surface area (Å²) in [5, 5.41) is 0. The van der Waals surface area contributed by atoms with E-state index >= 15 is 0 Å². The lowest BCUT2D eigenvalue weighted by atomic mass is 9.99. The second kappa shape index (κ2) is 6.11. The van der Waals surface area contributed by atoms with E-state index in [1.807, 2.05) is 24.3 Å². The smallest absolute Gasteiger partial charge is 0.118 e. The summed E-state index contributed by atoms with van der Waals surface area (Å²) in [6.45, 7) is 2.18. The number of nitrogens with two attached hydrogens (primary N) is 1. The van der Waals surface area contributed by atoms with Crippen LogP contribution in [0, 0.1) is 0 Å². The molecule has 2 nitrogen and oxygen atoms in total. The fourth-order valence-corrected chi connectivity index (χ4v) is 2.62. The van der Waals surface area contributed by atoms with Crippen molar-refractivity contribution in [2.45, 2.75) is 19.8 Å². The first-order valence-corrected chi connectivity index (χ1v) is 7.17. The molecule has 0 saturated carbocycles. The summed E-state index contributed by atoms with van der Waals surface area (Å²) in [5.74, 6) is 0.853. The molecule has 3 heteroatoms. The van der Waals surface area contributed by atoms with Gasteiger partial charge in [-0.2, -0.15) is 0 Å². The molecule has 0 spiro atoms. The molecule has 0 aliphatic carbocycles. The Hall–Kier alpha value is -1.48. The zero-order chi connectivity index (χ0) is 13.8. The molecule has 100 valence electrons. The predicted octanol–water partition coefficient (Wildman–Crippen LogP) is 4.66. The van der Waals surface area contributed by atoms with Gasteiger partial charge in [-0.1, -0.05) is 25.5 Å². The third-order valence-electron chi connectivity index (χ3n) is 3.13. The number of anilines is 1. The first kappa shape index (κ1) is 13.9. The number of hydrogen-bond donors (Lipinski definition) is 1. The fraction of sp³-hybridized carbons (Fsp3) is 0.250. The van der Waals surface area contributed by atoms with Crippen molar-refractivity contribution < 1.29 is 4.74 Å². The van der Waals surface area contributed by atoms with E-state index in [4.69, 9.17) is 10.5 Å². The molecule has 0 radical (unpaired) electrons. The normalized spacial score (nSPS) is 10.5. The highest BCUT2D eigenvalue weighted by molar-refractivity contribution is 9.10. The summed E-state index contributed by atoms with van der Waals surface area (Å²) >= 11 is 3.54. The molecule has 0 aliphatic heterocycles. The Morgan fingerprint density at radius 1 is 1.16 bits per heavy atom. The number of aryl methyl sites for hydroxylation is 1. The average molecular weight is 320 g/mol. The van der Waals surface area contributed by atoms with Gasteiger partial charge in [-0.05, 0) is 57.7 Å². The van der Waals surface area contributed by atoms with Crippen molar-refractivity contribution in [1.29, 1.82) is 0 Å². The van der Waals surface area contributed by atoms with Crippen LogP contribution in [0.5, 0.6) is 5.75 Å². The van der Waals surface area contributed by atoms with Gasteiger partial charge in [-0.15, -0.1) is 0 Å². The first-order chi connectivity index (χ1) is 9.15. The predicted molar refractivity (Wildman–Crippen MR) is 84.5 cm³/mol. The van der Waals surface area contributed by atoms with E-state index in [0.717, 1.165) is 39.9 Å². The SMILES string of the molecule is CCCc1cc(Br)c(N)c(-c2ccc(OC)cc2)c1. The van der Waals surface area contributed by atoms with Gasteiger partial charge in [0.1, 0.15) is 5.75 Å². The lowest BCUT2D eigenvalue weighted by Gasteiger charge is -2.11. The topological polar surface area (TPSA) is 35.2 Å². The van der Waals surface area contributed by atoms with Crippen molar-refractivity contribution in [3.63, 3.8) is 0 Å². The molecule has 0 fully saturated rings. The number of hydrogen-bond acceptors (Lipinski definition) is 2. The number of halogens is 1. The van der Waals surface area contributed by atoms with Crippen LogP contribution in [0.15, 0.2) is 40.9 Å². The molecule has 0 atom stereocenters. The van der Waals surface area contributed by atoms with Gasteiger partial charge in [0, 0.05) is 10.0 Å². The number of nitrogen functional groups attached to an aromatic ring is 1. The van der Waals surface area contributed by atoms with Crippen molar-refractivity contribution in [3.8, 4) is 16.9 Å². The lowest BCUT2D eigenvalue weighted by Crippen LogP contribution is -1.95. The molecular weight excluding hydrogens is 302 g/mol. The highest BCUT2D eigenvalue weighted by Crippen LogP contribution is 2.34. The second-order valence-electron chi connectivity index (χ2n) is 4.52. The van der Waals surface area contributed by atoms with E-state index in [1.54, 1.807) is 7.11 Å². The fourth-order valence-electron chi connectivity index (χ4n) is 2.12. The van der Waals surface area contributed by atoms with E-state index < -0.39 is 0 Å². The van der Waals surface area contributed by atoms with Crippen LogP contribution < -0.4 is 10.5 Å². The van der Waals surface area contributed by atoms with Crippen molar-refractivity contribution in [2.24, 2.45) is 0 Å². The van der Waals surface area contributed by atoms with Gasteiger partial charge in [-0.25, -0.2) is 0 Å². The maximum absolute atomic E-state index is 6.17. The minimum Gasteiger partial charge on any atom is -0.497 e. The van der Waals surface area contributed by atoms with Gasteiger partial charge < -0.3 is 10.5 Å². The minimum atomic E-state index is 0.782. The molecule has 0 heterocycles. The van der Waals surface area contributed by atoms with Gasteiger partial charge in [0.25, 0.3) is 0 Å². The van der Waals surface area contributed by atoms with Crippen LogP contribution in [0.4, 0.5) is 5.69 Å². The zero-order valence-corrected chi connectivity index (χ0v) is 12.8. The molecule has 0 bridgehead atoms. The molecule has 2 aromatic carbocycles. The molecule has 2 rings (SSSR count). The monoisotopic (exact) mass is 319 g/mol. The van der Waals surface area contributed by atoms with Crippen LogP contribution in [0.2, 0.25) is 0 Å².